The van der Waals surface area contributed by atoms with Crippen LogP contribution in [0.15, 0.2) is 76.6 Å². The Labute approximate surface area is 179 Å². The highest BCUT2D eigenvalue weighted by molar-refractivity contribution is 9.10. The van der Waals surface area contributed by atoms with E-state index < -0.39 is 0 Å². The summed E-state index contributed by atoms with van der Waals surface area (Å²) in [6, 6.07) is 9.16. The smallest absolute Gasteiger partial charge is 0.293 e. The van der Waals surface area contributed by atoms with E-state index in [0.29, 0.717) is 17.4 Å². The third-order valence-corrected chi connectivity index (χ3v) is 6.95. The van der Waals surface area contributed by atoms with Gasteiger partial charge < -0.3 is 14.4 Å². The van der Waals surface area contributed by atoms with Gasteiger partial charge in [0.2, 0.25) is 5.76 Å². The van der Waals surface area contributed by atoms with Crippen LogP contribution in [0.25, 0.3) is 0 Å². The number of benzene rings is 1. The number of amides is 1. The van der Waals surface area contributed by atoms with Gasteiger partial charge in [-0.1, -0.05) is 46.3 Å². The molecule has 4 nitrogen and oxygen atoms in total. The standard InChI is InChI=1S/C24H24BrNO3/c25-19-8-6-16(7-9-19)18-12-20-10-11-21(13-18)26(20)24(27)23-15-28-14-22(29-23)17-4-2-1-3-5-17/h1-2,4,6-9,14-15,18,20-21H,3,5,10-13H2. The summed E-state index contributed by atoms with van der Waals surface area (Å²) < 4.78 is 12.6. The molecule has 0 spiro atoms. The van der Waals surface area contributed by atoms with Crippen molar-refractivity contribution < 1.29 is 14.3 Å². The summed E-state index contributed by atoms with van der Waals surface area (Å²) in [7, 11) is 0. The predicted octanol–water partition coefficient (Wildman–Crippen LogP) is 5.69. The molecule has 1 aromatic carbocycles. The van der Waals surface area contributed by atoms with Crippen molar-refractivity contribution in [2.24, 2.45) is 0 Å². The van der Waals surface area contributed by atoms with E-state index in [1.54, 1.807) is 6.26 Å². The number of ether oxygens (including phenoxy) is 2. The molecule has 0 saturated carbocycles. The van der Waals surface area contributed by atoms with E-state index >= 15 is 0 Å². The van der Waals surface area contributed by atoms with Gasteiger partial charge in [0.05, 0.1) is 0 Å². The van der Waals surface area contributed by atoms with Crippen LogP contribution in [0.2, 0.25) is 0 Å². The molecule has 0 radical (unpaired) electrons. The minimum absolute atomic E-state index is 0.0377. The van der Waals surface area contributed by atoms with Gasteiger partial charge in [-0.05, 0) is 67.7 Å². The maximum absolute atomic E-state index is 13.3. The Hall–Kier alpha value is -2.27. The van der Waals surface area contributed by atoms with Crippen molar-refractivity contribution in [2.75, 3.05) is 0 Å². The van der Waals surface area contributed by atoms with Crippen LogP contribution in [0.4, 0.5) is 0 Å². The minimum atomic E-state index is -0.0377. The normalized spacial score (nSPS) is 28.1. The average Bonchev–Trinajstić information content (AvgIpc) is 3.03. The van der Waals surface area contributed by atoms with Crippen LogP contribution in [0.5, 0.6) is 0 Å². The van der Waals surface area contributed by atoms with Gasteiger partial charge in [-0.3, -0.25) is 4.79 Å². The molecular weight excluding hydrogens is 430 g/mol. The van der Waals surface area contributed by atoms with E-state index in [1.165, 1.54) is 11.8 Å². The summed E-state index contributed by atoms with van der Waals surface area (Å²) in [5.74, 6) is 1.43. The van der Waals surface area contributed by atoms with E-state index in [1.807, 2.05) is 12.2 Å². The van der Waals surface area contributed by atoms with Crippen molar-refractivity contribution in [1.29, 1.82) is 0 Å². The van der Waals surface area contributed by atoms with Gasteiger partial charge in [-0.15, -0.1) is 0 Å². The van der Waals surface area contributed by atoms with Crippen LogP contribution in [0.3, 0.4) is 0 Å². The monoisotopic (exact) mass is 453 g/mol. The molecule has 2 atom stereocenters. The Morgan fingerprint density at radius 2 is 1.83 bits per heavy atom. The molecule has 2 fully saturated rings. The summed E-state index contributed by atoms with van der Waals surface area (Å²) in [6.07, 6.45) is 15.3. The molecule has 3 heterocycles. The summed E-state index contributed by atoms with van der Waals surface area (Å²) in [4.78, 5) is 15.4. The maximum Gasteiger partial charge on any atom is 0.293 e. The molecule has 29 heavy (non-hydrogen) atoms. The Morgan fingerprint density at radius 3 is 2.52 bits per heavy atom. The molecule has 1 aromatic rings. The number of halogens is 1. The van der Waals surface area contributed by atoms with Crippen molar-refractivity contribution in [3.05, 3.63) is 82.1 Å². The van der Waals surface area contributed by atoms with Gasteiger partial charge >= 0.3 is 0 Å². The van der Waals surface area contributed by atoms with E-state index in [4.69, 9.17) is 9.47 Å². The molecule has 0 N–H and O–H groups in total. The van der Waals surface area contributed by atoms with Crippen molar-refractivity contribution in [3.63, 3.8) is 0 Å². The van der Waals surface area contributed by atoms with E-state index in [0.717, 1.165) is 48.6 Å². The number of rotatable bonds is 3. The second-order valence-electron chi connectivity index (χ2n) is 8.18. The van der Waals surface area contributed by atoms with Crippen LogP contribution < -0.4 is 0 Å². The van der Waals surface area contributed by atoms with Gasteiger partial charge in [0.25, 0.3) is 5.91 Å². The zero-order chi connectivity index (χ0) is 19.8. The molecule has 0 aromatic heterocycles. The summed E-state index contributed by atoms with van der Waals surface area (Å²) in [5.41, 5.74) is 2.44. The minimum Gasteiger partial charge on any atom is -0.465 e. The first-order valence-corrected chi connectivity index (χ1v) is 11.2. The molecule has 5 rings (SSSR count). The second-order valence-corrected chi connectivity index (χ2v) is 9.09. The lowest BCUT2D eigenvalue weighted by Crippen LogP contribution is -2.47. The topological polar surface area (TPSA) is 38.8 Å². The number of carbonyl (C=O) groups is 1. The molecule has 3 aliphatic heterocycles. The van der Waals surface area contributed by atoms with Crippen molar-refractivity contribution in [1.82, 2.24) is 4.90 Å². The van der Waals surface area contributed by atoms with Crippen LogP contribution in [-0.4, -0.2) is 22.9 Å². The van der Waals surface area contributed by atoms with Gasteiger partial charge in [-0.2, -0.15) is 0 Å². The summed E-state index contributed by atoms with van der Waals surface area (Å²) in [5, 5.41) is 0. The SMILES string of the molecule is O=C(C1=COC=C(C2=CC=CCC2)O1)N1C2CCC1CC(c1ccc(Br)cc1)C2. The van der Waals surface area contributed by atoms with Crippen molar-refractivity contribution in [3.8, 4) is 0 Å². The number of hydrogen-bond acceptors (Lipinski definition) is 3. The lowest BCUT2D eigenvalue weighted by Gasteiger charge is -2.39. The Kier molecular flexibility index (Phi) is 5.08. The Bertz CT molecular complexity index is 914. The zero-order valence-corrected chi connectivity index (χ0v) is 17.8. The van der Waals surface area contributed by atoms with E-state index in [9.17, 15) is 4.79 Å². The first kappa shape index (κ1) is 18.7. The third-order valence-electron chi connectivity index (χ3n) is 6.42. The molecule has 2 saturated heterocycles. The maximum atomic E-state index is 13.3. The molecule has 2 bridgehead atoms. The average molecular weight is 454 g/mol. The highest BCUT2D eigenvalue weighted by Gasteiger charge is 2.45. The van der Waals surface area contributed by atoms with Crippen LogP contribution in [-0.2, 0) is 14.3 Å². The molecule has 2 unspecified atom stereocenters. The van der Waals surface area contributed by atoms with E-state index in [2.05, 4.69) is 51.2 Å². The van der Waals surface area contributed by atoms with Crippen molar-refractivity contribution in [2.45, 2.75) is 56.5 Å². The fourth-order valence-corrected chi connectivity index (χ4v) is 5.27. The first-order chi connectivity index (χ1) is 14.2. The fourth-order valence-electron chi connectivity index (χ4n) is 5.01. The highest BCUT2D eigenvalue weighted by Crippen LogP contribution is 2.44. The molecule has 1 aliphatic carbocycles. The molecule has 150 valence electrons. The van der Waals surface area contributed by atoms with Crippen LogP contribution in [0, 0.1) is 0 Å². The van der Waals surface area contributed by atoms with Crippen molar-refractivity contribution >= 4 is 21.8 Å². The third kappa shape index (κ3) is 3.68. The summed E-state index contributed by atoms with van der Waals surface area (Å²) >= 11 is 3.51. The molecule has 4 aliphatic rings. The van der Waals surface area contributed by atoms with Crippen LogP contribution >= 0.6 is 15.9 Å². The number of allylic oxidation sites excluding steroid dienone is 4. The van der Waals surface area contributed by atoms with Gasteiger partial charge in [0, 0.05) is 16.6 Å². The Balaban J connectivity index is 1.29. The number of hydrogen-bond donors (Lipinski definition) is 0. The number of carbonyl (C=O) groups excluding carboxylic acids is 1. The van der Waals surface area contributed by atoms with Crippen LogP contribution in [0.1, 0.15) is 50.0 Å². The van der Waals surface area contributed by atoms with E-state index in [-0.39, 0.29) is 18.0 Å². The first-order valence-electron chi connectivity index (χ1n) is 10.4. The molecule has 1 amide bonds. The number of fused-ring (bicyclic) bond motifs is 2. The summed E-state index contributed by atoms with van der Waals surface area (Å²) in [6.45, 7) is 0. The fraction of sp³-hybridized carbons (Fsp3) is 0.375. The lowest BCUT2D eigenvalue weighted by molar-refractivity contribution is -0.135. The molecular formula is C24H24BrNO3. The quantitative estimate of drug-likeness (QED) is 0.589. The number of nitrogens with zero attached hydrogens (tertiary/aromatic N) is 1. The molecule has 5 heteroatoms. The second kappa shape index (κ2) is 7.86. The predicted molar refractivity (Wildman–Crippen MR) is 115 cm³/mol. The Morgan fingerprint density at radius 1 is 1.07 bits per heavy atom. The van der Waals surface area contributed by atoms with Gasteiger partial charge in [-0.25, -0.2) is 0 Å². The van der Waals surface area contributed by atoms with Gasteiger partial charge in [0.15, 0.2) is 5.76 Å². The van der Waals surface area contributed by atoms with Gasteiger partial charge in [0.1, 0.15) is 12.5 Å². The number of piperidine rings is 1. The lowest BCUT2D eigenvalue weighted by atomic mass is 9.85. The largest absolute Gasteiger partial charge is 0.465 e. The highest BCUT2D eigenvalue weighted by atomic mass is 79.9. The zero-order valence-electron chi connectivity index (χ0n) is 16.2.